The van der Waals surface area contributed by atoms with Gasteiger partial charge in [0.2, 0.25) is 5.91 Å². The van der Waals surface area contributed by atoms with Crippen molar-refractivity contribution in [3.05, 3.63) is 59.6 Å². The van der Waals surface area contributed by atoms with E-state index in [9.17, 15) is 13.2 Å². The molecule has 0 aliphatic rings. The maximum atomic E-state index is 13.3. The molecule has 0 heterocycles. The molecule has 0 atom stereocenters. The van der Waals surface area contributed by atoms with E-state index in [1.165, 1.54) is 12.1 Å². The van der Waals surface area contributed by atoms with Crippen molar-refractivity contribution < 1.29 is 13.2 Å². The molecule has 152 valence electrons. The van der Waals surface area contributed by atoms with Gasteiger partial charge in [-0.2, -0.15) is 0 Å². The molecule has 2 aromatic carbocycles. The molecular weight excluding hydrogens is 396 g/mol. The quantitative estimate of drug-likeness (QED) is 0.688. The summed E-state index contributed by atoms with van der Waals surface area (Å²) in [7, 11) is -3.96. The molecule has 7 heteroatoms. The largest absolute Gasteiger partial charge is 0.351 e. The van der Waals surface area contributed by atoms with Crippen LogP contribution >= 0.6 is 11.6 Å². The van der Waals surface area contributed by atoms with E-state index in [0.717, 1.165) is 4.31 Å². The third-order valence-electron chi connectivity index (χ3n) is 4.50. The highest BCUT2D eigenvalue weighted by molar-refractivity contribution is 7.92. The number of carbonyl (C=O) groups is 1. The van der Waals surface area contributed by atoms with Gasteiger partial charge in [-0.1, -0.05) is 69.6 Å². The fourth-order valence-electron chi connectivity index (χ4n) is 3.14. The summed E-state index contributed by atoms with van der Waals surface area (Å²) in [5.74, 6) is 0.0821. The lowest BCUT2D eigenvalue weighted by Crippen LogP contribution is -2.48. The van der Waals surface area contributed by atoms with Crippen molar-refractivity contribution >= 4 is 33.2 Å². The smallest absolute Gasteiger partial charge is 0.264 e. The van der Waals surface area contributed by atoms with Gasteiger partial charge in [0.05, 0.1) is 15.6 Å². The van der Waals surface area contributed by atoms with Crippen molar-refractivity contribution in [2.45, 2.75) is 38.6 Å². The number of carbonyl (C=O) groups excluding carboxylic acids is 1. The van der Waals surface area contributed by atoms with E-state index in [-0.39, 0.29) is 45.9 Å². The van der Waals surface area contributed by atoms with Crippen LogP contribution in [0.2, 0.25) is 5.02 Å². The zero-order valence-electron chi connectivity index (χ0n) is 16.6. The molecular formula is C21H27ClN2O3S. The Labute approximate surface area is 172 Å². The standard InChI is InChI=1S/C21H27ClN2O3S/c1-15(2)21(16(3)4)23-20(25)14-24(19-13-9-8-12-18(19)22)28(26,27)17-10-6-5-7-11-17/h5-13,15-16,21H,14H2,1-4H3,(H,23,25). The maximum absolute atomic E-state index is 13.3. The predicted octanol–water partition coefficient (Wildman–Crippen LogP) is 4.33. The van der Waals surface area contributed by atoms with Gasteiger partial charge in [-0.25, -0.2) is 8.42 Å². The van der Waals surface area contributed by atoms with Crippen LogP contribution in [0.25, 0.3) is 0 Å². The number of halogens is 1. The van der Waals surface area contributed by atoms with Crippen LogP contribution in [0.4, 0.5) is 5.69 Å². The fourth-order valence-corrected chi connectivity index (χ4v) is 4.89. The van der Waals surface area contributed by atoms with Crippen molar-refractivity contribution in [3.63, 3.8) is 0 Å². The Hall–Kier alpha value is -2.05. The van der Waals surface area contributed by atoms with Gasteiger partial charge >= 0.3 is 0 Å². The van der Waals surface area contributed by atoms with Crippen molar-refractivity contribution in [3.8, 4) is 0 Å². The van der Waals surface area contributed by atoms with Crippen LogP contribution in [0.3, 0.4) is 0 Å². The summed E-state index contributed by atoms with van der Waals surface area (Å²) in [6, 6.07) is 14.6. The minimum Gasteiger partial charge on any atom is -0.351 e. The number of anilines is 1. The first-order valence-electron chi connectivity index (χ1n) is 9.26. The molecule has 0 aromatic heterocycles. The van der Waals surface area contributed by atoms with E-state index in [2.05, 4.69) is 5.32 Å². The normalized spacial score (nSPS) is 11.9. The Morgan fingerprint density at radius 3 is 2.04 bits per heavy atom. The summed E-state index contributed by atoms with van der Waals surface area (Å²) in [6.45, 7) is 7.75. The van der Waals surface area contributed by atoms with Gasteiger partial charge < -0.3 is 5.32 Å². The highest BCUT2D eigenvalue weighted by Gasteiger charge is 2.29. The molecule has 0 saturated heterocycles. The predicted molar refractivity (Wildman–Crippen MR) is 114 cm³/mol. The number of benzene rings is 2. The Balaban J connectivity index is 2.40. The minimum absolute atomic E-state index is 0.0555. The topological polar surface area (TPSA) is 66.5 Å². The number of sulfonamides is 1. The van der Waals surface area contributed by atoms with Gasteiger partial charge in [-0.05, 0) is 36.1 Å². The van der Waals surface area contributed by atoms with Gasteiger partial charge in [0.15, 0.2) is 0 Å². The molecule has 0 fully saturated rings. The second-order valence-corrected chi connectivity index (χ2v) is 9.63. The zero-order valence-corrected chi connectivity index (χ0v) is 18.2. The molecule has 0 saturated carbocycles. The minimum atomic E-state index is -3.96. The molecule has 1 amide bonds. The summed E-state index contributed by atoms with van der Waals surface area (Å²) in [5, 5.41) is 3.23. The third-order valence-corrected chi connectivity index (χ3v) is 6.60. The number of rotatable bonds is 8. The number of hydrogen-bond donors (Lipinski definition) is 1. The number of para-hydroxylation sites is 1. The van der Waals surface area contributed by atoms with Crippen LogP contribution < -0.4 is 9.62 Å². The summed E-state index contributed by atoms with van der Waals surface area (Å²) >= 11 is 6.26. The van der Waals surface area contributed by atoms with Crippen LogP contribution in [0.15, 0.2) is 59.5 Å². The summed E-state index contributed by atoms with van der Waals surface area (Å²) < 4.78 is 27.6. The van der Waals surface area contributed by atoms with Crippen LogP contribution in [0.5, 0.6) is 0 Å². The monoisotopic (exact) mass is 422 g/mol. The van der Waals surface area contributed by atoms with Gasteiger partial charge in [0.25, 0.3) is 10.0 Å². The molecule has 0 radical (unpaired) electrons. The van der Waals surface area contributed by atoms with Crippen molar-refractivity contribution in [2.24, 2.45) is 11.8 Å². The lowest BCUT2D eigenvalue weighted by Gasteiger charge is -2.29. The molecule has 0 unspecified atom stereocenters. The molecule has 0 aliphatic heterocycles. The van der Waals surface area contributed by atoms with Crippen LogP contribution in [-0.4, -0.2) is 26.9 Å². The maximum Gasteiger partial charge on any atom is 0.264 e. The molecule has 1 N–H and O–H groups in total. The van der Waals surface area contributed by atoms with E-state index in [0.29, 0.717) is 0 Å². The Morgan fingerprint density at radius 2 is 1.50 bits per heavy atom. The number of amides is 1. The van der Waals surface area contributed by atoms with Gasteiger partial charge in [-0.3, -0.25) is 9.10 Å². The van der Waals surface area contributed by atoms with Gasteiger partial charge in [-0.15, -0.1) is 0 Å². The van der Waals surface area contributed by atoms with Gasteiger partial charge in [0, 0.05) is 6.04 Å². The van der Waals surface area contributed by atoms with E-state index in [4.69, 9.17) is 11.6 Å². The first kappa shape index (κ1) is 22.2. The van der Waals surface area contributed by atoms with Crippen LogP contribution in [0.1, 0.15) is 27.7 Å². The third kappa shape index (κ3) is 5.26. The number of nitrogens with one attached hydrogen (secondary N) is 1. The Kier molecular flexibility index (Phi) is 7.49. The molecule has 2 rings (SSSR count). The first-order valence-corrected chi connectivity index (χ1v) is 11.1. The fraction of sp³-hybridized carbons (Fsp3) is 0.381. The molecule has 2 aromatic rings. The van der Waals surface area contributed by atoms with E-state index < -0.39 is 10.0 Å². The average molecular weight is 423 g/mol. The lowest BCUT2D eigenvalue weighted by atomic mass is 9.93. The molecule has 0 aliphatic carbocycles. The molecule has 5 nitrogen and oxygen atoms in total. The highest BCUT2D eigenvalue weighted by atomic mass is 35.5. The second kappa shape index (κ2) is 9.43. The Morgan fingerprint density at radius 1 is 0.964 bits per heavy atom. The van der Waals surface area contributed by atoms with Crippen LogP contribution in [-0.2, 0) is 14.8 Å². The van der Waals surface area contributed by atoms with E-state index in [1.807, 2.05) is 27.7 Å². The zero-order chi connectivity index (χ0) is 20.9. The summed E-state index contributed by atoms with van der Waals surface area (Å²) in [5.41, 5.74) is 0.272. The van der Waals surface area contributed by atoms with E-state index in [1.54, 1.807) is 42.5 Å². The second-order valence-electron chi connectivity index (χ2n) is 7.36. The molecule has 0 spiro atoms. The SMILES string of the molecule is CC(C)C(NC(=O)CN(c1ccccc1Cl)S(=O)(=O)c1ccccc1)C(C)C. The Bertz CT molecular complexity index is 891. The summed E-state index contributed by atoms with van der Waals surface area (Å²) in [6.07, 6.45) is 0. The van der Waals surface area contributed by atoms with E-state index >= 15 is 0 Å². The average Bonchev–Trinajstić information content (AvgIpc) is 2.65. The van der Waals surface area contributed by atoms with Gasteiger partial charge in [0.1, 0.15) is 6.54 Å². The highest BCUT2D eigenvalue weighted by Crippen LogP contribution is 2.30. The molecule has 28 heavy (non-hydrogen) atoms. The van der Waals surface area contributed by atoms with Crippen molar-refractivity contribution in [2.75, 3.05) is 10.8 Å². The summed E-state index contributed by atoms with van der Waals surface area (Å²) in [4.78, 5) is 12.9. The first-order chi connectivity index (χ1) is 13.1. The van der Waals surface area contributed by atoms with Crippen LogP contribution in [0, 0.1) is 11.8 Å². The lowest BCUT2D eigenvalue weighted by molar-refractivity contribution is -0.121. The molecule has 0 bridgehead atoms. The van der Waals surface area contributed by atoms with Crippen molar-refractivity contribution in [1.82, 2.24) is 5.32 Å². The number of nitrogens with zero attached hydrogens (tertiary/aromatic N) is 1. The van der Waals surface area contributed by atoms with Crippen molar-refractivity contribution in [1.29, 1.82) is 0 Å². The number of hydrogen-bond acceptors (Lipinski definition) is 3.